The van der Waals surface area contributed by atoms with Gasteiger partial charge in [-0.3, -0.25) is 9.98 Å². The predicted molar refractivity (Wildman–Crippen MR) is 53.8 cm³/mol. The molecule has 0 spiro atoms. The molecule has 0 radical (unpaired) electrons. The number of fused-ring (bicyclic) bond motifs is 1. The van der Waals surface area contributed by atoms with Gasteiger partial charge in [-0.2, -0.15) is 0 Å². The van der Waals surface area contributed by atoms with E-state index < -0.39 is 0 Å². The van der Waals surface area contributed by atoms with Gasteiger partial charge in [0.2, 0.25) is 0 Å². The topological polar surface area (TPSA) is 24.7 Å². The van der Waals surface area contributed by atoms with Crippen molar-refractivity contribution in [2.24, 2.45) is 9.98 Å². The van der Waals surface area contributed by atoms with E-state index in [4.69, 9.17) is 0 Å². The van der Waals surface area contributed by atoms with E-state index in [2.05, 4.69) is 9.98 Å². The minimum atomic E-state index is 0. The summed E-state index contributed by atoms with van der Waals surface area (Å²) in [6.45, 7) is 0. The molecule has 2 aliphatic rings. The minimum absolute atomic E-state index is 0. The van der Waals surface area contributed by atoms with Crippen LogP contribution in [0.1, 0.15) is 0 Å². The molecular formula is C6H6Br2N2. The molecule has 0 saturated heterocycles. The Labute approximate surface area is 80.0 Å². The van der Waals surface area contributed by atoms with Crippen molar-refractivity contribution in [3.8, 4) is 0 Å². The Kier molecular flexibility index (Phi) is 3.75. The summed E-state index contributed by atoms with van der Waals surface area (Å²) in [7, 11) is 0. The van der Waals surface area contributed by atoms with E-state index in [0.29, 0.717) is 0 Å². The summed E-state index contributed by atoms with van der Waals surface area (Å²) in [6, 6.07) is 0. The third-order valence-electron chi connectivity index (χ3n) is 1.19. The molecule has 2 heterocycles. The summed E-state index contributed by atoms with van der Waals surface area (Å²) in [5.41, 5.74) is 2.26. The summed E-state index contributed by atoms with van der Waals surface area (Å²) >= 11 is 0. The van der Waals surface area contributed by atoms with Crippen LogP contribution in [0.2, 0.25) is 0 Å². The first kappa shape index (κ1) is 9.78. The monoisotopic (exact) mass is 264 g/mol. The Balaban J connectivity index is 0.000000405. The molecule has 2 nitrogen and oxygen atoms in total. The number of rotatable bonds is 0. The molecule has 0 fully saturated rings. The van der Waals surface area contributed by atoms with E-state index in [-0.39, 0.29) is 34.0 Å². The van der Waals surface area contributed by atoms with Crippen molar-refractivity contribution in [2.75, 3.05) is 0 Å². The molecule has 0 saturated carbocycles. The SMILES string of the molecule is Br.Br.C1=NC=C2C=NC=C12. The van der Waals surface area contributed by atoms with Crippen molar-refractivity contribution in [1.29, 1.82) is 0 Å². The van der Waals surface area contributed by atoms with E-state index in [9.17, 15) is 0 Å². The number of halogens is 2. The number of allylic oxidation sites excluding steroid dienone is 2. The van der Waals surface area contributed by atoms with Crippen LogP contribution in [0.3, 0.4) is 0 Å². The van der Waals surface area contributed by atoms with Gasteiger partial charge in [0.1, 0.15) is 0 Å². The van der Waals surface area contributed by atoms with Gasteiger partial charge in [0.15, 0.2) is 0 Å². The number of hydrogen-bond donors (Lipinski definition) is 0. The zero-order valence-corrected chi connectivity index (χ0v) is 8.45. The lowest BCUT2D eigenvalue weighted by molar-refractivity contribution is 1.61. The highest BCUT2D eigenvalue weighted by Crippen LogP contribution is 2.15. The summed E-state index contributed by atoms with van der Waals surface area (Å²) in [5, 5.41) is 0. The van der Waals surface area contributed by atoms with Gasteiger partial charge in [-0.15, -0.1) is 34.0 Å². The van der Waals surface area contributed by atoms with E-state index >= 15 is 0 Å². The average Bonchev–Trinajstić information content (AvgIpc) is 2.15. The maximum absolute atomic E-state index is 3.92. The Morgan fingerprint density at radius 1 is 0.800 bits per heavy atom. The van der Waals surface area contributed by atoms with Crippen LogP contribution >= 0.6 is 34.0 Å². The van der Waals surface area contributed by atoms with E-state index in [1.165, 1.54) is 0 Å². The quantitative estimate of drug-likeness (QED) is 0.641. The van der Waals surface area contributed by atoms with Gasteiger partial charge >= 0.3 is 0 Å². The van der Waals surface area contributed by atoms with Crippen LogP contribution in [0.5, 0.6) is 0 Å². The Hall–Kier alpha value is -0.220. The minimum Gasteiger partial charge on any atom is -0.263 e. The van der Waals surface area contributed by atoms with Gasteiger partial charge in [0.25, 0.3) is 0 Å². The number of aliphatic imine (C=N–C) groups is 2. The third kappa shape index (κ3) is 1.44. The molecule has 2 aliphatic heterocycles. The van der Waals surface area contributed by atoms with E-state index in [0.717, 1.165) is 11.1 Å². The second-order valence-electron chi connectivity index (χ2n) is 1.73. The number of nitrogens with zero attached hydrogens (tertiary/aromatic N) is 2. The van der Waals surface area contributed by atoms with Gasteiger partial charge in [-0.1, -0.05) is 0 Å². The zero-order valence-electron chi connectivity index (χ0n) is 5.02. The van der Waals surface area contributed by atoms with Crippen LogP contribution < -0.4 is 0 Å². The Bertz CT molecular complexity index is 212. The van der Waals surface area contributed by atoms with Crippen LogP contribution in [0.15, 0.2) is 33.5 Å². The van der Waals surface area contributed by atoms with Gasteiger partial charge in [0.05, 0.1) is 0 Å². The van der Waals surface area contributed by atoms with Crippen molar-refractivity contribution in [3.05, 3.63) is 23.5 Å². The highest BCUT2D eigenvalue weighted by atomic mass is 79.9. The van der Waals surface area contributed by atoms with E-state index in [1.807, 2.05) is 24.8 Å². The van der Waals surface area contributed by atoms with Gasteiger partial charge < -0.3 is 0 Å². The molecule has 54 valence electrons. The van der Waals surface area contributed by atoms with Crippen LogP contribution in [0.4, 0.5) is 0 Å². The first-order valence-corrected chi connectivity index (χ1v) is 2.44. The molecule has 0 aliphatic carbocycles. The van der Waals surface area contributed by atoms with Crippen LogP contribution in [-0.2, 0) is 0 Å². The standard InChI is InChI=1S/C6H4N2.2BrH/c1-5-2-8-4-6(5)3-7-1;;/h1-4H;2*1H. The largest absolute Gasteiger partial charge is 0.263 e. The fourth-order valence-corrected chi connectivity index (χ4v) is 0.761. The van der Waals surface area contributed by atoms with Crippen molar-refractivity contribution >= 4 is 46.4 Å². The van der Waals surface area contributed by atoms with Gasteiger partial charge in [-0.25, -0.2) is 0 Å². The fourth-order valence-electron chi connectivity index (χ4n) is 0.761. The molecular weight excluding hydrogens is 260 g/mol. The first-order chi connectivity index (χ1) is 3.97. The lowest BCUT2D eigenvalue weighted by atomic mass is 10.2. The molecule has 2 rings (SSSR count). The Morgan fingerprint density at radius 3 is 1.60 bits per heavy atom. The second kappa shape index (κ2) is 3.83. The molecule has 0 bridgehead atoms. The lowest BCUT2D eigenvalue weighted by Gasteiger charge is -1.80. The van der Waals surface area contributed by atoms with E-state index in [1.54, 1.807) is 0 Å². The molecule has 0 atom stereocenters. The molecule has 0 N–H and O–H groups in total. The summed E-state index contributed by atoms with van der Waals surface area (Å²) < 4.78 is 0. The highest BCUT2D eigenvalue weighted by Gasteiger charge is 2.07. The second-order valence-corrected chi connectivity index (χ2v) is 1.73. The smallest absolute Gasteiger partial charge is 0.0363 e. The number of hydrogen-bond acceptors (Lipinski definition) is 2. The highest BCUT2D eigenvalue weighted by molar-refractivity contribution is 8.93. The van der Waals surface area contributed by atoms with Crippen LogP contribution in [0, 0.1) is 0 Å². The lowest BCUT2D eigenvalue weighted by Crippen LogP contribution is -1.78. The average molecular weight is 266 g/mol. The summed E-state index contributed by atoms with van der Waals surface area (Å²) in [4.78, 5) is 7.84. The zero-order chi connectivity index (χ0) is 5.40. The van der Waals surface area contributed by atoms with Gasteiger partial charge in [0, 0.05) is 36.0 Å². The van der Waals surface area contributed by atoms with Crippen molar-refractivity contribution < 1.29 is 0 Å². The summed E-state index contributed by atoms with van der Waals surface area (Å²) in [5.74, 6) is 0. The Morgan fingerprint density at radius 2 is 1.20 bits per heavy atom. The van der Waals surface area contributed by atoms with Crippen LogP contribution in [-0.4, -0.2) is 12.4 Å². The van der Waals surface area contributed by atoms with Gasteiger partial charge in [-0.05, 0) is 0 Å². The molecule has 0 amide bonds. The molecule has 0 unspecified atom stereocenters. The predicted octanol–water partition coefficient (Wildman–Crippen LogP) is 2.08. The maximum atomic E-state index is 3.92. The maximum Gasteiger partial charge on any atom is 0.0363 e. The first-order valence-electron chi connectivity index (χ1n) is 2.44. The molecule has 0 aromatic rings. The van der Waals surface area contributed by atoms with Crippen molar-refractivity contribution in [3.63, 3.8) is 0 Å². The molecule has 0 aromatic heterocycles. The van der Waals surface area contributed by atoms with Crippen LogP contribution in [0.25, 0.3) is 0 Å². The fraction of sp³-hybridized carbons (Fsp3) is 0. The third-order valence-corrected chi connectivity index (χ3v) is 1.19. The molecule has 10 heavy (non-hydrogen) atoms. The molecule has 0 aromatic carbocycles. The summed E-state index contributed by atoms with van der Waals surface area (Å²) in [6.07, 6.45) is 7.23. The molecule has 4 heteroatoms. The van der Waals surface area contributed by atoms with Crippen molar-refractivity contribution in [1.82, 2.24) is 0 Å². The van der Waals surface area contributed by atoms with Crippen molar-refractivity contribution in [2.45, 2.75) is 0 Å². The normalized spacial score (nSPS) is 16.8.